The first-order chi connectivity index (χ1) is 41.1. The molecule has 8 rings (SSSR count). The minimum Gasteiger partial charge on any atom is -0.867 e. The lowest BCUT2D eigenvalue weighted by atomic mass is 10.3. The van der Waals surface area contributed by atoms with E-state index in [4.69, 9.17) is 78.1 Å². The Bertz CT molecular complexity index is 1200. The van der Waals surface area contributed by atoms with E-state index in [0.29, 0.717) is 0 Å². The van der Waals surface area contributed by atoms with E-state index in [-0.39, 0.29) is 0 Å². The van der Waals surface area contributed by atoms with E-state index in [9.17, 15) is 17.3 Å². The first-order valence-electron chi connectivity index (χ1n) is 31.5. The molecule has 0 aromatic rings. The normalized spacial score (nSPS) is 21.4. The number of quaternary nitrogens is 8. The van der Waals surface area contributed by atoms with E-state index in [1.54, 1.807) is 56.9 Å². The molecule has 8 aliphatic rings. The fourth-order valence-electron chi connectivity index (χ4n) is 12.3. The van der Waals surface area contributed by atoms with Crippen LogP contribution >= 0.6 is 0 Å². The van der Waals surface area contributed by atoms with Crippen LogP contribution < -0.4 is 40.2 Å². The Labute approximate surface area is 533 Å². The lowest BCUT2D eigenvalue weighted by Crippen LogP contribution is -2.42. The predicted octanol–water partition coefficient (Wildman–Crippen LogP) is -2.71. The summed E-state index contributed by atoms with van der Waals surface area (Å²) in [6.07, 6.45) is 22.0. The fourth-order valence-corrected chi connectivity index (χ4v) is 12.3. The molecule has 0 radical (unpaired) electrons. The average Bonchev–Trinajstić information content (AvgIpc) is 4.30. The Kier molecular flexibility index (Phi) is 57.6. The SMILES string of the molecule is COC[N+]1(C)CCCC1.COC[N+]1(C)CCCC1.COC[N+]1(C)CCCC1.COC[N+]1(C)CCCC1.COC[N+]1(C)CCCC1.COC[N+]1(C)CCCC1.COC[N+]1(C)CCCC1.COC[N+]1(C)CCCC1.[O-]B([O-])F.[O-]B([O-])F.[O-]B([O-])F.[O-]B([O-])F. The van der Waals surface area contributed by atoms with Crippen LogP contribution in [0, 0.1) is 0 Å². The summed E-state index contributed by atoms with van der Waals surface area (Å²) in [4.78, 5) is 0. The second-order valence-electron chi connectivity index (χ2n) is 26.6. The van der Waals surface area contributed by atoms with E-state index < -0.39 is 29.6 Å². The molecule has 0 spiro atoms. The Hall–Kier alpha value is -0.980. The molecule has 8 aliphatic heterocycles. The van der Waals surface area contributed by atoms with Crippen LogP contribution in [0.1, 0.15) is 103 Å². The summed E-state index contributed by atoms with van der Waals surface area (Å²) in [5, 5.41) is 66.4. The largest absolute Gasteiger partial charge is 0.867 e. The van der Waals surface area contributed by atoms with Gasteiger partial charge in [0.15, 0.2) is 53.8 Å². The molecule has 0 aromatic carbocycles. The highest BCUT2D eigenvalue weighted by Gasteiger charge is 2.31. The third kappa shape index (κ3) is 56.6. The van der Waals surface area contributed by atoms with Crippen molar-refractivity contribution in [1.29, 1.82) is 0 Å². The summed E-state index contributed by atoms with van der Waals surface area (Å²) in [5.41, 5.74) is 0. The fraction of sp³-hybridized carbons (Fsp3) is 1.00. The highest BCUT2D eigenvalue weighted by atomic mass is 19.1. The summed E-state index contributed by atoms with van der Waals surface area (Å²) < 4.78 is 89.3. The Balaban J connectivity index is -0.000000443. The van der Waals surface area contributed by atoms with E-state index in [1.807, 2.05) is 0 Å². The molecular formula is C56H128B4F4N8O16. The van der Waals surface area contributed by atoms with E-state index in [2.05, 4.69) is 56.4 Å². The zero-order valence-corrected chi connectivity index (χ0v) is 58.2. The van der Waals surface area contributed by atoms with Crippen molar-refractivity contribution in [2.45, 2.75) is 103 Å². The van der Waals surface area contributed by atoms with Gasteiger partial charge in [0.1, 0.15) is 29.6 Å². The smallest absolute Gasteiger partial charge is 0.182 e. The number of ether oxygens (including phenoxy) is 8. The van der Waals surface area contributed by atoms with Crippen LogP contribution in [0.5, 0.6) is 0 Å². The van der Waals surface area contributed by atoms with Crippen molar-refractivity contribution in [2.24, 2.45) is 0 Å². The number of hydrogen-bond acceptors (Lipinski definition) is 16. The van der Waals surface area contributed by atoms with Crippen LogP contribution in [-0.2, 0) is 37.9 Å². The van der Waals surface area contributed by atoms with Crippen LogP contribution in [0.4, 0.5) is 17.3 Å². The third-order valence-electron chi connectivity index (χ3n) is 16.7. The number of hydrogen-bond donors (Lipinski definition) is 0. The first-order valence-corrected chi connectivity index (χ1v) is 31.5. The second-order valence-corrected chi connectivity index (χ2v) is 26.6. The topological polar surface area (TPSA) is 258 Å². The monoisotopic (exact) mass is 1290 g/mol. The zero-order valence-electron chi connectivity index (χ0n) is 58.2. The van der Waals surface area contributed by atoms with E-state index in [1.165, 1.54) is 207 Å². The van der Waals surface area contributed by atoms with Crippen LogP contribution in [0.2, 0.25) is 0 Å². The maximum atomic E-state index is 9.89. The number of halogens is 4. The van der Waals surface area contributed by atoms with Crippen molar-refractivity contribution in [1.82, 2.24) is 0 Å². The lowest BCUT2D eigenvalue weighted by molar-refractivity contribution is -0.916. The number of likely N-dealkylation sites (tertiary alicyclic amines) is 8. The van der Waals surface area contributed by atoms with Crippen LogP contribution in [0.25, 0.3) is 0 Å². The van der Waals surface area contributed by atoms with Gasteiger partial charge in [-0.3, -0.25) is 0 Å². The van der Waals surface area contributed by atoms with Crippen LogP contribution in [-0.4, -0.2) is 337 Å². The summed E-state index contributed by atoms with van der Waals surface area (Å²) in [6.45, 7) is 27.9. The number of methoxy groups -OCH3 is 8. The van der Waals surface area contributed by atoms with Crippen LogP contribution in [0.15, 0.2) is 0 Å². The first kappa shape index (κ1) is 93.4. The quantitative estimate of drug-likeness (QED) is 0.0865. The predicted molar refractivity (Wildman–Crippen MR) is 324 cm³/mol. The summed E-state index contributed by atoms with van der Waals surface area (Å²) in [5.74, 6) is 0. The van der Waals surface area contributed by atoms with Crippen molar-refractivity contribution in [2.75, 3.05) is 272 Å². The maximum Gasteiger partial charge on any atom is 0.182 e. The molecule has 8 heterocycles. The van der Waals surface area contributed by atoms with Gasteiger partial charge in [-0.1, -0.05) is 0 Å². The molecule has 528 valence electrons. The molecule has 88 heavy (non-hydrogen) atoms. The molecule has 0 amide bonds. The number of nitrogens with zero attached hydrogens (tertiary/aromatic N) is 8. The molecule has 8 fully saturated rings. The Morgan fingerprint density at radius 2 is 0.261 bits per heavy atom. The molecule has 0 saturated carbocycles. The molecule has 0 aromatic heterocycles. The van der Waals surface area contributed by atoms with Gasteiger partial charge in [0.05, 0.1) is 161 Å². The van der Waals surface area contributed by atoms with E-state index in [0.717, 1.165) is 89.7 Å². The molecule has 0 atom stereocenters. The Morgan fingerprint density at radius 3 is 0.307 bits per heavy atom. The third-order valence-corrected chi connectivity index (χ3v) is 16.7. The Morgan fingerprint density at radius 1 is 0.205 bits per heavy atom. The molecular weight excluding hydrogens is 1160 g/mol. The van der Waals surface area contributed by atoms with Gasteiger partial charge in [0.25, 0.3) is 0 Å². The average molecular weight is 1290 g/mol. The molecule has 0 N–H and O–H groups in total. The summed E-state index contributed by atoms with van der Waals surface area (Å²) >= 11 is 0. The number of rotatable bonds is 16. The highest BCUT2D eigenvalue weighted by molar-refractivity contribution is 6.27. The van der Waals surface area contributed by atoms with Crippen molar-refractivity contribution >= 4 is 29.6 Å². The van der Waals surface area contributed by atoms with Crippen LogP contribution in [0.3, 0.4) is 0 Å². The van der Waals surface area contributed by atoms with Crippen molar-refractivity contribution in [3.8, 4) is 0 Å². The standard InChI is InChI=1S/8C7H16NO.4BFO2/c8*1-8(7-9-2)5-3-4-6-8;4*2-1(3)4/h8*3-7H2,1-2H3;;;;/q8*+1;4*-2. The van der Waals surface area contributed by atoms with Gasteiger partial charge >= 0.3 is 0 Å². The van der Waals surface area contributed by atoms with Crippen molar-refractivity contribution < 1.29 is 131 Å². The highest BCUT2D eigenvalue weighted by Crippen LogP contribution is 2.20. The molecule has 0 bridgehead atoms. The lowest BCUT2D eigenvalue weighted by Gasteiger charge is -2.27. The van der Waals surface area contributed by atoms with Gasteiger partial charge in [-0.15, -0.1) is 0 Å². The van der Waals surface area contributed by atoms with Crippen molar-refractivity contribution in [3.63, 3.8) is 0 Å². The molecule has 32 heteroatoms. The minimum atomic E-state index is -3.17. The van der Waals surface area contributed by atoms with E-state index >= 15 is 0 Å². The molecule has 24 nitrogen and oxygen atoms in total. The minimum absolute atomic E-state index is 0.889. The summed E-state index contributed by atoms with van der Waals surface area (Å²) in [6, 6.07) is 0. The molecule has 0 unspecified atom stereocenters. The van der Waals surface area contributed by atoms with Crippen molar-refractivity contribution in [3.05, 3.63) is 0 Å². The van der Waals surface area contributed by atoms with Gasteiger partial charge in [-0.25, -0.2) is 0 Å². The van der Waals surface area contributed by atoms with Gasteiger partial charge in [-0.2, -0.15) is 0 Å². The van der Waals surface area contributed by atoms with Gasteiger partial charge < -0.3 is 131 Å². The van der Waals surface area contributed by atoms with Gasteiger partial charge in [0.2, 0.25) is 0 Å². The second kappa shape index (κ2) is 54.3. The maximum absolute atomic E-state index is 9.89. The summed E-state index contributed by atoms with van der Waals surface area (Å²) in [7, 11) is 19.7. The molecule has 0 aliphatic carbocycles. The molecule has 8 saturated heterocycles. The zero-order chi connectivity index (χ0) is 68.3. The van der Waals surface area contributed by atoms with Gasteiger partial charge in [0, 0.05) is 160 Å². The van der Waals surface area contributed by atoms with Gasteiger partial charge in [-0.05, 0) is 0 Å².